The van der Waals surface area contributed by atoms with E-state index in [-0.39, 0.29) is 0 Å². The van der Waals surface area contributed by atoms with Gasteiger partial charge >= 0.3 is 0 Å². The van der Waals surface area contributed by atoms with E-state index in [1.165, 1.54) is 5.56 Å². The molecule has 1 unspecified atom stereocenters. The van der Waals surface area contributed by atoms with E-state index in [4.69, 9.17) is 4.74 Å². The molecule has 1 fully saturated rings. The van der Waals surface area contributed by atoms with Gasteiger partial charge < -0.3 is 15.4 Å². The smallest absolute Gasteiger partial charge is 0.0620 e. The molecule has 1 heterocycles. The van der Waals surface area contributed by atoms with Crippen LogP contribution in [0.5, 0.6) is 0 Å². The number of halogens is 1. The summed E-state index contributed by atoms with van der Waals surface area (Å²) >= 11 is 3.44. The summed E-state index contributed by atoms with van der Waals surface area (Å²) in [6, 6.07) is 8.94. The van der Waals surface area contributed by atoms with Gasteiger partial charge in [-0.25, -0.2) is 0 Å². The van der Waals surface area contributed by atoms with Crippen molar-refractivity contribution in [1.29, 1.82) is 0 Å². The Bertz CT molecular complexity index is 323. The van der Waals surface area contributed by atoms with E-state index in [2.05, 4.69) is 50.8 Å². The Morgan fingerprint density at radius 1 is 1.35 bits per heavy atom. The van der Waals surface area contributed by atoms with Gasteiger partial charge in [0.25, 0.3) is 0 Å². The van der Waals surface area contributed by atoms with Gasteiger partial charge in [0.1, 0.15) is 0 Å². The molecular formula is C13H19BrN2O. The fourth-order valence-corrected chi connectivity index (χ4v) is 2.18. The van der Waals surface area contributed by atoms with Crippen molar-refractivity contribution < 1.29 is 4.74 Å². The molecule has 0 saturated carbocycles. The van der Waals surface area contributed by atoms with Crippen LogP contribution < -0.4 is 10.6 Å². The van der Waals surface area contributed by atoms with Crippen LogP contribution in [0.2, 0.25) is 0 Å². The van der Waals surface area contributed by atoms with Crippen LogP contribution in [0.15, 0.2) is 28.7 Å². The minimum atomic E-state index is 0.515. The fourth-order valence-electron chi connectivity index (χ4n) is 1.92. The largest absolute Gasteiger partial charge is 0.379 e. The normalized spacial score (nSPS) is 20.4. The summed E-state index contributed by atoms with van der Waals surface area (Å²) in [6.07, 6.45) is 1.12. The summed E-state index contributed by atoms with van der Waals surface area (Å²) in [4.78, 5) is 0. The Labute approximate surface area is 111 Å². The van der Waals surface area contributed by atoms with Crippen LogP contribution in [0.4, 0.5) is 0 Å². The van der Waals surface area contributed by atoms with Crippen molar-refractivity contribution >= 4 is 15.9 Å². The Morgan fingerprint density at radius 2 is 2.18 bits per heavy atom. The molecule has 0 bridgehead atoms. The van der Waals surface area contributed by atoms with E-state index in [1.54, 1.807) is 0 Å². The van der Waals surface area contributed by atoms with Crippen LogP contribution >= 0.6 is 15.9 Å². The Balaban J connectivity index is 1.60. The molecule has 0 radical (unpaired) electrons. The first-order valence-corrected chi connectivity index (χ1v) is 6.90. The molecule has 1 aromatic carbocycles. The summed E-state index contributed by atoms with van der Waals surface area (Å²) in [5.41, 5.74) is 1.32. The second kappa shape index (κ2) is 7.11. The molecule has 1 atom stereocenters. The van der Waals surface area contributed by atoms with Gasteiger partial charge in [0.05, 0.1) is 13.2 Å². The average Bonchev–Trinajstić information content (AvgIpc) is 2.38. The third-order valence-corrected chi connectivity index (χ3v) is 3.44. The maximum atomic E-state index is 5.42. The van der Waals surface area contributed by atoms with Gasteiger partial charge in [-0.2, -0.15) is 0 Å². The summed E-state index contributed by atoms with van der Waals surface area (Å²) in [5.74, 6) is 0. The maximum absolute atomic E-state index is 5.42. The van der Waals surface area contributed by atoms with Gasteiger partial charge in [0.2, 0.25) is 0 Å². The van der Waals surface area contributed by atoms with Gasteiger partial charge in [-0.05, 0) is 30.7 Å². The van der Waals surface area contributed by atoms with Crippen molar-refractivity contribution in [2.75, 3.05) is 26.3 Å². The molecule has 1 aromatic rings. The number of ether oxygens (including phenoxy) is 1. The van der Waals surface area contributed by atoms with Crippen molar-refractivity contribution in [3.63, 3.8) is 0 Å². The Kier molecular flexibility index (Phi) is 5.45. The SMILES string of the molecule is Brc1ccc(CNCCC2COCCN2)cc1. The highest BCUT2D eigenvalue weighted by molar-refractivity contribution is 9.10. The van der Waals surface area contributed by atoms with Gasteiger partial charge in [-0.3, -0.25) is 0 Å². The van der Waals surface area contributed by atoms with Gasteiger partial charge in [0, 0.05) is 23.6 Å². The van der Waals surface area contributed by atoms with Crippen LogP contribution in [-0.4, -0.2) is 32.3 Å². The highest BCUT2D eigenvalue weighted by atomic mass is 79.9. The molecular weight excluding hydrogens is 280 g/mol. The van der Waals surface area contributed by atoms with E-state index < -0.39 is 0 Å². The van der Waals surface area contributed by atoms with Crippen molar-refractivity contribution in [3.8, 4) is 0 Å². The quantitative estimate of drug-likeness (QED) is 0.815. The summed E-state index contributed by atoms with van der Waals surface area (Å²) < 4.78 is 6.54. The first-order valence-electron chi connectivity index (χ1n) is 6.11. The van der Waals surface area contributed by atoms with Crippen molar-refractivity contribution in [3.05, 3.63) is 34.3 Å². The standard InChI is InChI=1S/C13H19BrN2O/c14-12-3-1-11(2-4-12)9-15-6-5-13-10-17-8-7-16-13/h1-4,13,15-16H,5-10H2. The summed E-state index contributed by atoms with van der Waals surface area (Å²) in [6.45, 7) is 4.64. The van der Waals surface area contributed by atoms with Crippen molar-refractivity contribution in [2.45, 2.75) is 19.0 Å². The number of hydrogen-bond donors (Lipinski definition) is 2. The Morgan fingerprint density at radius 3 is 2.88 bits per heavy atom. The predicted molar refractivity (Wildman–Crippen MR) is 73.1 cm³/mol. The van der Waals surface area contributed by atoms with Crippen LogP contribution in [-0.2, 0) is 11.3 Å². The third kappa shape index (κ3) is 4.76. The topological polar surface area (TPSA) is 33.3 Å². The van der Waals surface area contributed by atoms with E-state index in [0.717, 1.165) is 43.7 Å². The molecule has 4 heteroatoms. The van der Waals surface area contributed by atoms with Gasteiger partial charge in [-0.15, -0.1) is 0 Å². The highest BCUT2D eigenvalue weighted by Crippen LogP contribution is 2.10. The zero-order valence-electron chi connectivity index (χ0n) is 9.92. The molecule has 2 rings (SSSR count). The van der Waals surface area contributed by atoms with Crippen molar-refractivity contribution in [1.82, 2.24) is 10.6 Å². The lowest BCUT2D eigenvalue weighted by Crippen LogP contribution is -2.42. The second-order valence-electron chi connectivity index (χ2n) is 4.32. The monoisotopic (exact) mass is 298 g/mol. The first-order chi connectivity index (χ1) is 8.34. The molecule has 0 amide bonds. The van der Waals surface area contributed by atoms with E-state index in [9.17, 15) is 0 Å². The molecule has 1 aliphatic heterocycles. The third-order valence-electron chi connectivity index (χ3n) is 2.91. The molecule has 0 spiro atoms. The van der Waals surface area contributed by atoms with Crippen LogP contribution in [0.25, 0.3) is 0 Å². The number of morpholine rings is 1. The zero-order valence-corrected chi connectivity index (χ0v) is 11.5. The van der Waals surface area contributed by atoms with Crippen LogP contribution in [0.1, 0.15) is 12.0 Å². The Hall–Kier alpha value is -0.420. The lowest BCUT2D eigenvalue weighted by atomic mass is 10.2. The van der Waals surface area contributed by atoms with Crippen LogP contribution in [0, 0.1) is 0 Å². The fraction of sp³-hybridized carbons (Fsp3) is 0.538. The summed E-state index contributed by atoms with van der Waals surface area (Å²) in [5, 5.41) is 6.91. The first kappa shape index (κ1) is 13.0. The number of nitrogens with one attached hydrogen (secondary N) is 2. The lowest BCUT2D eigenvalue weighted by molar-refractivity contribution is 0.0742. The zero-order chi connectivity index (χ0) is 11.9. The molecule has 1 saturated heterocycles. The van der Waals surface area contributed by atoms with E-state index in [0.29, 0.717) is 6.04 Å². The highest BCUT2D eigenvalue weighted by Gasteiger charge is 2.11. The van der Waals surface area contributed by atoms with E-state index in [1.807, 2.05) is 0 Å². The molecule has 3 nitrogen and oxygen atoms in total. The number of benzene rings is 1. The van der Waals surface area contributed by atoms with Crippen molar-refractivity contribution in [2.24, 2.45) is 0 Å². The summed E-state index contributed by atoms with van der Waals surface area (Å²) in [7, 11) is 0. The molecule has 0 aromatic heterocycles. The predicted octanol–water partition coefficient (Wildman–Crippen LogP) is 1.92. The van der Waals surface area contributed by atoms with Crippen LogP contribution in [0.3, 0.4) is 0 Å². The molecule has 0 aliphatic carbocycles. The minimum Gasteiger partial charge on any atom is -0.379 e. The van der Waals surface area contributed by atoms with Gasteiger partial charge in [-0.1, -0.05) is 28.1 Å². The molecule has 2 N–H and O–H groups in total. The molecule has 17 heavy (non-hydrogen) atoms. The number of rotatable bonds is 5. The minimum absolute atomic E-state index is 0.515. The lowest BCUT2D eigenvalue weighted by Gasteiger charge is -2.23. The van der Waals surface area contributed by atoms with E-state index >= 15 is 0 Å². The van der Waals surface area contributed by atoms with Gasteiger partial charge in [0.15, 0.2) is 0 Å². The molecule has 1 aliphatic rings. The average molecular weight is 299 g/mol. The molecule has 94 valence electrons. The maximum Gasteiger partial charge on any atom is 0.0620 e. The number of hydrogen-bond acceptors (Lipinski definition) is 3. The second-order valence-corrected chi connectivity index (χ2v) is 5.23.